The van der Waals surface area contributed by atoms with Crippen molar-refractivity contribution in [2.24, 2.45) is 0 Å². The number of hydrogen-bond donors (Lipinski definition) is 2. The highest BCUT2D eigenvalue weighted by atomic mass is 35.5. The van der Waals surface area contributed by atoms with Gasteiger partial charge in [-0.25, -0.2) is 0 Å². The van der Waals surface area contributed by atoms with E-state index in [1.165, 1.54) is 0 Å². The minimum absolute atomic E-state index is 0.0357. The van der Waals surface area contributed by atoms with Crippen LogP contribution < -0.4 is 10.6 Å². The summed E-state index contributed by atoms with van der Waals surface area (Å²) in [5.41, 5.74) is 1.68. The van der Waals surface area contributed by atoms with Crippen molar-refractivity contribution in [1.29, 1.82) is 0 Å². The lowest BCUT2D eigenvalue weighted by molar-refractivity contribution is 0.0913. The molecule has 2 heterocycles. The van der Waals surface area contributed by atoms with Crippen molar-refractivity contribution >= 4 is 17.5 Å². The van der Waals surface area contributed by atoms with Crippen molar-refractivity contribution in [3.05, 3.63) is 34.3 Å². The molecule has 1 aromatic carbocycles. The number of fused-ring (bicyclic) bond motifs is 2. The third-order valence-electron chi connectivity index (χ3n) is 3.55. The Hall–Kier alpha value is -1.06. The van der Waals surface area contributed by atoms with Crippen LogP contribution in [0.3, 0.4) is 0 Å². The van der Waals surface area contributed by atoms with Gasteiger partial charge in [-0.2, -0.15) is 0 Å². The minimum Gasteiger partial charge on any atom is -0.342 e. The molecule has 3 rings (SSSR count). The highest BCUT2D eigenvalue weighted by Gasteiger charge is 2.43. The van der Waals surface area contributed by atoms with Gasteiger partial charge in [-0.3, -0.25) is 4.79 Å². The summed E-state index contributed by atoms with van der Waals surface area (Å²) in [6.07, 6.45) is 1.87. The van der Waals surface area contributed by atoms with E-state index in [9.17, 15) is 4.79 Å². The summed E-state index contributed by atoms with van der Waals surface area (Å²) >= 11 is 6.02. The zero-order chi connectivity index (χ0) is 11.2. The number of rotatable bonds is 0. The number of carbonyl (C=O) groups excluding carboxylic acids is 1. The summed E-state index contributed by atoms with van der Waals surface area (Å²) in [5, 5.41) is 7.14. The fourth-order valence-electron chi connectivity index (χ4n) is 2.71. The molecule has 3 nitrogen and oxygen atoms in total. The lowest BCUT2D eigenvalue weighted by Crippen LogP contribution is -2.47. The fourth-order valence-corrected chi connectivity index (χ4v) is 2.88. The Kier molecular flexibility index (Phi) is 2.19. The Labute approximate surface area is 99.2 Å². The van der Waals surface area contributed by atoms with Gasteiger partial charge in [-0.05, 0) is 49.7 Å². The maximum atomic E-state index is 11.9. The molecule has 1 fully saturated rings. The fraction of sp³-hybridized carbons (Fsp3) is 0.417. The van der Waals surface area contributed by atoms with Gasteiger partial charge in [-0.15, -0.1) is 0 Å². The first-order valence-electron chi connectivity index (χ1n) is 5.55. The monoisotopic (exact) mass is 236 g/mol. The van der Waals surface area contributed by atoms with E-state index in [0.29, 0.717) is 5.02 Å². The van der Waals surface area contributed by atoms with E-state index in [2.05, 4.69) is 10.6 Å². The molecule has 0 unspecified atom stereocenters. The lowest BCUT2D eigenvalue weighted by Gasteiger charge is -2.34. The van der Waals surface area contributed by atoms with Crippen molar-refractivity contribution < 1.29 is 4.79 Å². The van der Waals surface area contributed by atoms with Crippen LogP contribution >= 0.6 is 11.6 Å². The molecule has 2 aliphatic heterocycles. The maximum Gasteiger partial charge on any atom is 0.252 e. The normalized spacial score (nSPS) is 21.9. The topological polar surface area (TPSA) is 41.1 Å². The Morgan fingerprint density at radius 3 is 2.75 bits per heavy atom. The molecule has 2 aliphatic rings. The largest absolute Gasteiger partial charge is 0.342 e. The molecule has 16 heavy (non-hydrogen) atoms. The standard InChI is InChI=1S/C12H13ClN2O/c13-8-1-2-9-10(7-8)12(15-11(9)16)3-5-14-6-4-12/h1-2,7,14H,3-6H2,(H,15,16). The number of halogens is 1. The molecule has 0 aliphatic carbocycles. The molecule has 1 aromatic rings. The molecule has 1 amide bonds. The number of carbonyl (C=O) groups is 1. The van der Waals surface area contributed by atoms with Crippen LogP contribution in [0.2, 0.25) is 5.02 Å². The Morgan fingerprint density at radius 1 is 1.25 bits per heavy atom. The second kappa shape index (κ2) is 3.47. The van der Waals surface area contributed by atoms with Crippen molar-refractivity contribution in [3.63, 3.8) is 0 Å². The predicted octanol–water partition coefficient (Wildman–Crippen LogP) is 1.66. The third-order valence-corrected chi connectivity index (χ3v) is 3.79. The van der Waals surface area contributed by atoms with E-state index in [4.69, 9.17) is 11.6 Å². The SMILES string of the molecule is O=C1NC2(CCNCC2)c2cc(Cl)ccc21. The molecule has 0 atom stereocenters. The molecule has 0 aromatic heterocycles. The minimum atomic E-state index is -0.178. The lowest BCUT2D eigenvalue weighted by atomic mass is 9.82. The van der Waals surface area contributed by atoms with Crippen LogP contribution in [0.15, 0.2) is 18.2 Å². The molecule has 84 valence electrons. The summed E-state index contributed by atoms with van der Waals surface area (Å²) < 4.78 is 0. The summed E-state index contributed by atoms with van der Waals surface area (Å²) in [5.74, 6) is 0.0357. The van der Waals surface area contributed by atoms with E-state index in [1.54, 1.807) is 6.07 Å². The molecule has 0 saturated carbocycles. The second-order valence-electron chi connectivity index (χ2n) is 4.48. The first-order valence-corrected chi connectivity index (χ1v) is 5.92. The molecule has 1 spiro atoms. The average Bonchev–Trinajstić information content (AvgIpc) is 2.53. The molecule has 0 radical (unpaired) electrons. The van der Waals surface area contributed by atoms with Crippen molar-refractivity contribution in [2.45, 2.75) is 18.4 Å². The Morgan fingerprint density at radius 2 is 2.00 bits per heavy atom. The van der Waals surface area contributed by atoms with Gasteiger partial charge in [0.2, 0.25) is 0 Å². The molecular weight excluding hydrogens is 224 g/mol. The van der Waals surface area contributed by atoms with Crippen LogP contribution in [-0.4, -0.2) is 19.0 Å². The number of benzene rings is 1. The van der Waals surface area contributed by atoms with E-state index < -0.39 is 0 Å². The molecule has 4 heteroatoms. The summed E-state index contributed by atoms with van der Waals surface area (Å²) in [4.78, 5) is 11.9. The van der Waals surface area contributed by atoms with Gasteiger partial charge in [0.25, 0.3) is 5.91 Å². The number of amides is 1. The van der Waals surface area contributed by atoms with Gasteiger partial charge < -0.3 is 10.6 Å². The number of piperidine rings is 1. The van der Waals surface area contributed by atoms with Crippen molar-refractivity contribution in [3.8, 4) is 0 Å². The Balaban J connectivity index is 2.12. The highest BCUT2D eigenvalue weighted by Crippen LogP contribution is 2.38. The first kappa shape index (κ1) is 10.1. The van der Waals surface area contributed by atoms with Gasteiger partial charge in [0.15, 0.2) is 0 Å². The molecule has 1 saturated heterocycles. The van der Waals surface area contributed by atoms with Gasteiger partial charge in [0, 0.05) is 10.6 Å². The maximum absolute atomic E-state index is 11.9. The highest BCUT2D eigenvalue weighted by molar-refractivity contribution is 6.30. The zero-order valence-corrected chi connectivity index (χ0v) is 9.60. The zero-order valence-electron chi connectivity index (χ0n) is 8.85. The van der Waals surface area contributed by atoms with Crippen LogP contribution in [0.25, 0.3) is 0 Å². The van der Waals surface area contributed by atoms with Gasteiger partial charge >= 0.3 is 0 Å². The van der Waals surface area contributed by atoms with Gasteiger partial charge in [0.05, 0.1) is 5.54 Å². The van der Waals surface area contributed by atoms with Gasteiger partial charge in [0.1, 0.15) is 0 Å². The molecular formula is C12H13ClN2O. The quantitative estimate of drug-likeness (QED) is 0.720. The average molecular weight is 237 g/mol. The van der Waals surface area contributed by atoms with Gasteiger partial charge in [-0.1, -0.05) is 11.6 Å². The molecule has 2 N–H and O–H groups in total. The summed E-state index contributed by atoms with van der Waals surface area (Å²) in [6.45, 7) is 1.87. The van der Waals surface area contributed by atoms with Crippen LogP contribution in [-0.2, 0) is 5.54 Å². The predicted molar refractivity (Wildman–Crippen MR) is 62.7 cm³/mol. The second-order valence-corrected chi connectivity index (χ2v) is 4.91. The number of hydrogen-bond acceptors (Lipinski definition) is 2. The van der Waals surface area contributed by atoms with Crippen molar-refractivity contribution in [2.75, 3.05) is 13.1 Å². The van der Waals surface area contributed by atoms with Crippen LogP contribution in [0.5, 0.6) is 0 Å². The van der Waals surface area contributed by atoms with E-state index in [0.717, 1.165) is 37.1 Å². The van der Waals surface area contributed by atoms with Crippen molar-refractivity contribution in [1.82, 2.24) is 10.6 Å². The number of nitrogens with one attached hydrogen (secondary N) is 2. The van der Waals surface area contributed by atoms with E-state index in [1.807, 2.05) is 12.1 Å². The summed E-state index contributed by atoms with van der Waals surface area (Å²) in [6, 6.07) is 5.53. The van der Waals surface area contributed by atoms with E-state index >= 15 is 0 Å². The first-order chi connectivity index (χ1) is 7.71. The van der Waals surface area contributed by atoms with Crippen LogP contribution in [0.4, 0.5) is 0 Å². The third kappa shape index (κ3) is 1.35. The molecule has 0 bridgehead atoms. The van der Waals surface area contributed by atoms with Crippen LogP contribution in [0, 0.1) is 0 Å². The smallest absolute Gasteiger partial charge is 0.252 e. The van der Waals surface area contributed by atoms with Crippen LogP contribution in [0.1, 0.15) is 28.8 Å². The summed E-state index contributed by atoms with van der Waals surface area (Å²) in [7, 11) is 0. The van der Waals surface area contributed by atoms with E-state index in [-0.39, 0.29) is 11.4 Å². The Bertz CT molecular complexity index is 452.